The van der Waals surface area contributed by atoms with Crippen molar-refractivity contribution in [2.45, 2.75) is 0 Å². The van der Waals surface area contributed by atoms with Crippen molar-refractivity contribution >= 4 is 22.5 Å². The standard InChI is InChI=1S/C17H12N6O/c24-17(12-4-3-5-13(10-12)23-11-19-21-22-23)20-16-8-9-18-15-7-2-1-6-14(15)16/h1-11H,(H,18,20,24). The van der Waals surface area contributed by atoms with Gasteiger partial charge in [0.1, 0.15) is 6.33 Å². The van der Waals surface area contributed by atoms with E-state index in [1.165, 1.54) is 11.0 Å². The first-order valence-corrected chi connectivity index (χ1v) is 7.30. The molecule has 4 rings (SSSR count). The fourth-order valence-electron chi connectivity index (χ4n) is 2.47. The molecule has 2 heterocycles. The number of pyridine rings is 1. The molecule has 4 aromatic rings. The third-order valence-corrected chi connectivity index (χ3v) is 3.62. The van der Waals surface area contributed by atoms with E-state index in [0.717, 1.165) is 16.6 Å². The van der Waals surface area contributed by atoms with Crippen molar-refractivity contribution < 1.29 is 4.79 Å². The van der Waals surface area contributed by atoms with Crippen LogP contribution in [0.4, 0.5) is 5.69 Å². The number of carbonyl (C=O) groups is 1. The van der Waals surface area contributed by atoms with Crippen molar-refractivity contribution in [2.24, 2.45) is 0 Å². The Morgan fingerprint density at radius 2 is 1.96 bits per heavy atom. The van der Waals surface area contributed by atoms with E-state index in [1.807, 2.05) is 30.3 Å². The number of nitrogens with zero attached hydrogens (tertiary/aromatic N) is 5. The van der Waals surface area contributed by atoms with E-state index in [0.29, 0.717) is 11.3 Å². The minimum Gasteiger partial charge on any atom is -0.321 e. The van der Waals surface area contributed by atoms with Gasteiger partial charge in [0, 0.05) is 17.1 Å². The van der Waals surface area contributed by atoms with Crippen molar-refractivity contribution in [2.75, 3.05) is 5.32 Å². The molecule has 0 atom stereocenters. The summed E-state index contributed by atoms with van der Waals surface area (Å²) in [7, 11) is 0. The van der Waals surface area contributed by atoms with Crippen LogP contribution in [-0.2, 0) is 0 Å². The van der Waals surface area contributed by atoms with Gasteiger partial charge >= 0.3 is 0 Å². The molecule has 0 spiro atoms. The monoisotopic (exact) mass is 316 g/mol. The Morgan fingerprint density at radius 1 is 1.04 bits per heavy atom. The highest BCUT2D eigenvalue weighted by molar-refractivity contribution is 6.08. The summed E-state index contributed by atoms with van der Waals surface area (Å²) in [6, 6.07) is 16.5. The van der Waals surface area contributed by atoms with Gasteiger partial charge in [-0.2, -0.15) is 0 Å². The van der Waals surface area contributed by atoms with Gasteiger partial charge in [-0.3, -0.25) is 9.78 Å². The molecule has 1 N–H and O–H groups in total. The quantitative estimate of drug-likeness (QED) is 0.627. The zero-order chi connectivity index (χ0) is 16.4. The number of hydrogen-bond acceptors (Lipinski definition) is 5. The summed E-state index contributed by atoms with van der Waals surface area (Å²) >= 11 is 0. The van der Waals surface area contributed by atoms with Gasteiger partial charge in [-0.25, -0.2) is 4.68 Å². The van der Waals surface area contributed by atoms with Gasteiger partial charge in [0.05, 0.1) is 16.9 Å². The molecule has 2 aromatic carbocycles. The molecule has 24 heavy (non-hydrogen) atoms. The molecule has 0 radical (unpaired) electrons. The van der Waals surface area contributed by atoms with Crippen molar-refractivity contribution in [1.82, 2.24) is 25.2 Å². The third-order valence-electron chi connectivity index (χ3n) is 3.62. The summed E-state index contributed by atoms with van der Waals surface area (Å²) < 4.78 is 1.50. The molecule has 0 aliphatic carbocycles. The summed E-state index contributed by atoms with van der Waals surface area (Å²) in [6.07, 6.45) is 3.16. The molecule has 7 heteroatoms. The molecule has 116 valence electrons. The fourth-order valence-corrected chi connectivity index (χ4v) is 2.47. The molecule has 0 saturated carbocycles. The normalized spacial score (nSPS) is 10.7. The lowest BCUT2D eigenvalue weighted by atomic mass is 10.1. The van der Waals surface area contributed by atoms with Crippen LogP contribution < -0.4 is 5.32 Å². The predicted molar refractivity (Wildman–Crippen MR) is 88.9 cm³/mol. The zero-order valence-corrected chi connectivity index (χ0v) is 12.5. The van der Waals surface area contributed by atoms with Crippen LogP contribution in [0.5, 0.6) is 0 Å². The van der Waals surface area contributed by atoms with Crippen molar-refractivity contribution in [3.8, 4) is 5.69 Å². The van der Waals surface area contributed by atoms with Gasteiger partial charge in [-0.1, -0.05) is 24.3 Å². The number of anilines is 1. The Hall–Kier alpha value is -3.61. The number of aromatic nitrogens is 5. The maximum absolute atomic E-state index is 12.6. The highest BCUT2D eigenvalue weighted by Crippen LogP contribution is 2.21. The number of benzene rings is 2. The molecule has 0 bridgehead atoms. The topological polar surface area (TPSA) is 85.6 Å². The van der Waals surface area contributed by atoms with Gasteiger partial charge in [-0.05, 0) is 40.8 Å². The van der Waals surface area contributed by atoms with Crippen LogP contribution in [0, 0.1) is 0 Å². The smallest absolute Gasteiger partial charge is 0.255 e. The van der Waals surface area contributed by atoms with Crippen LogP contribution in [0.15, 0.2) is 67.1 Å². The number of para-hydroxylation sites is 1. The minimum atomic E-state index is -0.207. The van der Waals surface area contributed by atoms with E-state index in [2.05, 4.69) is 25.8 Å². The van der Waals surface area contributed by atoms with Gasteiger partial charge < -0.3 is 5.32 Å². The van der Waals surface area contributed by atoms with Crippen molar-refractivity contribution in [3.05, 3.63) is 72.7 Å². The van der Waals surface area contributed by atoms with Crippen LogP contribution in [0.3, 0.4) is 0 Å². The fraction of sp³-hybridized carbons (Fsp3) is 0. The SMILES string of the molecule is O=C(Nc1ccnc2ccccc12)c1cccc(-n2cnnn2)c1. The molecule has 2 aromatic heterocycles. The number of rotatable bonds is 3. The number of fused-ring (bicyclic) bond motifs is 1. The summed E-state index contributed by atoms with van der Waals surface area (Å²) in [5, 5.41) is 14.9. The molecular weight excluding hydrogens is 304 g/mol. The van der Waals surface area contributed by atoms with E-state index >= 15 is 0 Å². The highest BCUT2D eigenvalue weighted by Gasteiger charge is 2.10. The van der Waals surface area contributed by atoms with E-state index in [4.69, 9.17) is 0 Å². The molecule has 0 aliphatic heterocycles. The minimum absolute atomic E-state index is 0.207. The van der Waals surface area contributed by atoms with E-state index in [-0.39, 0.29) is 5.91 Å². The van der Waals surface area contributed by atoms with Gasteiger partial charge in [0.2, 0.25) is 0 Å². The first-order valence-electron chi connectivity index (χ1n) is 7.30. The highest BCUT2D eigenvalue weighted by atomic mass is 16.1. The number of nitrogens with one attached hydrogen (secondary N) is 1. The average Bonchev–Trinajstić information content (AvgIpc) is 3.17. The molecule has 0 saturated heterocycles. The molecular formula is C17H12N6O. The number of hydrogen-bond donors (Lipinski definition) is 1. The Balaban J connectivity index is 1.66. The van der Waals surface area contributed by atoms with Crippen LogP contribution in [0.25, 0.3) is 16.6 Å². The lowest BCUT2D eigenvalue weighted by Crippen LogP contribution is -2.13. The second-order valence-corrected chi connectivity index (χ2v) is 5.13. The Morgan fingerprint density at radius 3 is 2.83 bits per heavy atom. The van der Waals surface area contributed by atoms with Gasteiger partial charge in [0.15, 0.2) is 0 Å². The molecule has 0 unspecified atom stereocenters. The number of amides is 1. The molecule has 0 aliphatic rings. The van der Waals surface area contributed by atoms with E-state index in [1.54, 1.807) is 30.5 Å². The van der Waals surface area contributed by atoms with Crippen molar-refractivity contribution in [1.29, 1.82) is 0 Å². The summed E-state index contributed by atoms with van der Waals surface area (Å²) in [4.78, 5) is 16.9. The summed E-state index contributed by atoms with van der Waals surface area (Å²) in [6.45, 7) is 0. The molecule has 0 fully saturated rings. The van der Waals surface area contributed by atoms with Crippen molar-refractivity contribution in [3.63, 3.8) is 0 Å². The predicted octanol–water partition coefficient (Wildman–Crippen LogP) is 2.46. The Kier molecular flexibility index (Phi) is 3.43. The van der Waals surface area contributed by atoms with Crippen LogP contribution in [0.2, 0.25) is 0 Å². The molecule has 1 amide bonds. The lowest BCUT2D eigenvalue weighted by Gasteiger charge is -2.09. The second kappa shape index (κ2) is 5.88. The summed E-state index contributed by atoms with van der Waals surface area (Å²) in [5.41, 5.74) is 2.78. The van der Waals surface area contributed by atoms with Crippen LogP contribution >= 0.6 is 0 Å². The first kappa shape index (κ1) is 14.0. The van der Waals surface area contributed by atoms with E-state index in [9.17, 15) is 4.79 Å². The lowest BCUT2D eigenvalue weighted by molar-refractivity contribution is 0.102. The largest absolute Gasteiger partial charge is 0.321 e. The molecule has 7 nitrogen and oxygen atoms in total. The maximum Gasteiger partial charge on any atom is 0.255 e. The van der Waals surface area contributed by atoms with Gasteiger partial charge in [-0.15, -0.1) is 5.10 Å². The van der Waals surface area contributed by atoms with Crippen LogP contribution in [-0.4, -0.2) is 31.1 Å². The average molecular weight is 316 g/mol. The first-order chi connectivity index (χ1) is 11.8. The Bertz CT molecular complexity index is 1010. The zero-order valence-electron chi connectivity index (χ0n) is 12.5. The maximum atomic E-state index is 12.6. The Labute approximate surface area is 137 Å². The second-order valence-electron chi connectivity index (χ2n) is 5.13. The van der Waals surface area contributed by atoms with Crippen LogP contribution in [0.1, 0.15) is 10.4 Å². The van der Waals surface area contributed by atoms with E-state index < -0.39 is 0 Å². The number of carbonyl (C=O) groups excluding carboxylic acids is 1. The summed E-state index contributed by atoms with van der Waals surface area (Å²) in [5.74, 6) is -0.207. The van der Waals surface area contributed by atoms with Gasteiger partial charge in [0.25, 0.3) is 5.91 Å². The number of tetrazole rings is 1. The third kappa shape index (κ3) is 2.58.